The fourth-order valence-electron chi connectivity index (χ4n) is 2.59. The fraction of sp³-hybridized carbons (Fsp3) is 0.211. The standard InChI is InChI=1S/C19H21N5OS/c1-24(2)17(15-7-10-26-13-15)12-22-18(25)14-5-3-6-16(11-14)23-19-20-8-4-9-21-19/h3-11,13,17H,12H2,1-2H3,(H,22,25)(H,20,21,23). The molecule has 7 heteroatoms. The van der Waals surface area contributed by atoms with Gasteiger partial charge in [-0.05, 0) is 60.8 Å². The van der Waals surface area contributed by atoms with E-state index in [9.17, 15) is 4.79 Å². The van der Waals surface area contributed by atoms with Crippen LogP contribution in [0, 0.1) is 0 Å². The van der Waals surface area contributed by atoms with Gasteiger partial charge in [0.05, 0.1) is 6.04 Å². The van der Waals surface area contributed by atoms with Crippen molar-refractivity contribution in [1.29, 1.82) is 0 Å². The molecular formula is C19H21N5OS. The zero-order valence-corrected chi connectivity index (χ0v) is 15.5. The van der Waals surface area contributed by atoms with Crippen LogP contribution in [0.5, 0.6) is 0 Å². The lowest BCUT2D eigenvalue weighted by Gasteiger charge is -2.24. The molecule has 26 heavy (non-hydrogen) atoms. The third-order valence-electron chi connectivity index (χ3n) is 3.95. The molecule has 3 aromatic rings. The van der Waals surface area contributed by atoms with Gasteiger partial charge < -0.3 is 15.5 Å². The number of carbonyl (C=O) groups excluding carboxylic acids is 1. The van der Waals surface area contributed by atoms with E-state index in [0.717, 1.165) is 5.69 Å². The number of likely N-dealkylation sites (N-methyl/N-ethyl adjacent to an activating group) is 1. The molecule has 2 N–H and O–H groups in total. The molecule has 0 bridgehead atoms. The lowest BCUT2D eigenvalue weighted by molar-refractivity contribution is 0.0942. The van der Waals surface area contributed by atoms with Crippen molar-refractivity contribution in [1.82, 2.24) is 20.2 Å². The quantitative estimate of drug-likeness (QED) is 0.670. The molecule has 0 saturated carbocycles. The molecule has 134 valence electrons. The highest BCUT2D eigenvalue weighted by atomic mass is 32.1. The molecule has 1 atom stereocenters. The van der Waals surface area contributed by atoms with Crippen molar-refractivity contribution in [2.75, 3.05) is 26.0 Å². The van der Waals surface area contributed by atoms with Gasteiger partial charge in [-0.2, -0.15) is 11.3 Å². The molecule has 2 heterocycles. The van der Waals surface area contributed by atoms with Gasteiger partial charge >= 0.3 is 0 Å². The average Bonchev–Trinajstić information content (AvgIpc) is 3.17. The molecule has 3 rings (SSSR count). The maximum absolute atomic E-state index is 12.6. The summed E-state index contributed by atoms with van der Waals surface area (Å²) in [5, 5.41) is 10.3. The van der Waals surface area contributed by atoms with Crippen molar-refractivity contribution < 1.29 is 4.79 Å². The van der Waals surface area contributed by atoms with E-state index in [0.29, 0.717) is 18.1 Å². The third kappa shape index (κ3) is 4.65. The van der Waals surface area contributed by atoms with Crippen molar-refractivity contribution in [3.8, 4) is 0 Å². The number of hydrogen-bond acceptors (Lipinski definition) is 6. The summed E-state index contributed by atoms with van der Waals surface area (Å²) in [5.41, 5.74) is 2.57. The minimum Gasteiger partial charge on any atom is -0.350 e. The Morgan fingerprint density at radius 2 is 2.00 bits per heavy atom. The molecule has 0 aliphatic rings. The fourth-order valence-corrected chi connectivity index (χ4v) is 3.29. The van der Waals surface area contributed by atoms with Crippen molar-refractivity contribution in [3.05, 3.63) is 70.7 Å². The predicted octanol–water partition coefficient (Wildman–Crippen LogP) is 3.31. The zero-order chi connectivity index (χ0) is 18.4. The lowest BCUT2D eigenvalue weighted by Crippen LogP contribution is -2.34. The summed E-state index contributed by atoms with van der Waals surface area (Å²) >= 11 is 1.66. The van der Waals surface area contributed by atoms with E-state index >= 15 is 0 Å². The Labute approximate surface area is 156 Å². The SMILES string of the molecule is CN(C)C(CNC(=O)c1cccc(Nc2ncccn2)c1)c1ccsc1. The number of nitrogens with one attached hydrogen (secondary N) is 2. The number of nitrogens with zero attached hydrogens (tertiary/aromatic N) is 3. The number of hydrogen-bond donors (Lipinski definition) is 2. The number of amides is 1. The number of anilines is 2. The van der Waals surface area contributed by atoms with Crippen LogP contribution in [0.1, 0.15) is 22.0 Å². The second-order valence-corrected chi connectivity index (χ2v) is 6.80. The summed E-state index contributed by atoms with van der Waals surface area (Å²) in [7, 11) is 4.03. The van der Waals surface area contributed by atoms with E-state index < -0.39 is 0 Å². The molecule has 2 aromatic heterocycles. The van der Waals surface area contributed by atoms with E-state index in [1.54, 1.807) is 41.9 Å². The smallest absolute Gasteiger partial charge is 0.251 e. The van der Waals surface area contributed by atoms with E-state index in [1.807, 2.05) is 26.2 Å². The first-order chi connectivity index (χ1) is 12.6. The highest BCUT2D eigenvalue weighted by Gasteiger charge is 2.16. The number of carbonyl (C=O) groups is 1. The average molecular weight is 367 g/mol. The van der Waals surface area contributed by atoms with Crippen LogP contribution in [0.3, 0.4) is 0 Å². The second-order valence-electron chi connectivity index (χ2n) is 6.02. The Kier molecular flexibility index (Phi) is 5.93. The molecule has 6 nitrogen and oxygen atoms in total. The molecule has 0 aliphatic carbocycles. The first kappa shape index (κ1) is 18.0. The molecule has 0 spiro atoms. The van der Waals surface area contributed by atoms with E-state index in [2.05, 4.69) is 42.3 Å². The van der Waals surface area contributed by atoms with Crippen LogP contribution in [-0.4, -0.2) is 41.4 Å². The van der Waals surface area contributed by atoms with Crippen LogP contribution in [0.2, 0.25) is 0 Å². The van der Waals surface area contributed by atoms with Gasteiger partial charge in [0.25, 0.3) is 5.91 Å². The van der Waals surface area contributed by atoms with Crippen molar-refractivity contribution in [2.45, 2.75) is 6.04 Å². The summed E-state index contributed by atoms with van der Waals surface area (Å²) in [6.07, 6.45) is 3.33. The molecule has 0 fully saturated rings. The van der Waals surface area contributed by atoms with Crippen LogP contribution < -0.4 is 10.6 Å². The summed E-state index contributed by atoms with van der Waals surface area (Å²) in [4.78, 5) is 22.9. The van der Waals surface area contributed by atoms with Gasteiger partial charge in [-0.1, -0.05) is 6.07 Å². The van der Waals surface area contributed by atoms with E-state index in [4.69, 9.17) is 0 Å². The lowest BCUT2D eigenvalue weighted by atomic mass is 10.1. The van der Waals surface area contributed by atoms with Gasteiger partial charge in [-0.3, -0.25) is 4.79 Å². The van der Waals surface area contributed by atoms with Crippen molar-refractivity contribution in [2.24, 2.45) is 0 Å². The van der Waals surface area contributed by atoms with Crippen molar-refractivity contribution >= 4 is 28.9 Å². The molecular weight excluding hydrogens is 346 g/mol. The molecule has 1 amide bonds. The highest BCUT2D eigenvalue weighted by Crippen LogP contribution is 2.20. The zero-order valence-electron chi connectivity index (χ0n) is 14.7. The second kappa shape index (κ2) is 8.55. The largest absolute Gasteiger partial charge is 0.350 e. The third-order valence-corrected chi connectivity index (χ3v) is 4.66. The normalized spacial score (nSPS) is 12.0. The van der Waals surface area contributed by atoms with Gasteiger partial charge in [-0.15, -0.1) is 0 Å². The maximum atomic E-state index is 12.6. The predicted molar refractivity (Wildman–Crippen MR) is 105 cm³/mol. The molecule has 0 radical (unpaired) electrons. The minimum atomic E-state index is -0.107. The summed E-state index contributed by atoms with van der Waals surface area (Å²) in [6.45, 7) is 0.544. The maximum Gasteiger partial charge on any atom is 0.251 e. The topological polar surface area (TPSA) is 70.2 Å². The Hall–Kier alpha value is -2.77. The first-order valence-corrected chi connectivity index (χ1v) is 9.18. The monoisotopic (exact) mass is 367 g/mol. The highest BCUT2D eigenvalue weighted by molar-refractivity contribution is 7.07. The Bertz CT molecular complexity index is 836. The minimum absolute atomic E-state index is 0.107. The van der Waals surface area contributed by atoms with Gasteiger partial charge in [0.2, 0.25) is 5.95 Å². The summed E-state index contributed by atoms with van der Waals surface area (Å²) in [6, 6.07) is 11.3. The van der Waals surface area contributed by atoms with Crippen LogP contribution in [-0.2, 0) is 0 Å². The van der Waals surface area contributed by atoms with Crippen LogP contribution in [0.4, 0.5) is 11.6 Å². The summed E-state index contributed by atoms with van der Waals surface area (Å²) < 4.78 is 0. The number of aromatic nitrogens is 2. The van der Waals surface area contributed by atoms with Gasteiger partial charge in [0.15, 0.2) is 0 Å². The van der Waals surface area contributed by atoms with Crippen molar-refractivity contribution in [3.63, 3.8) is 0 Å². The molecule has 0 aliphatic heterocycles. The molecule has 1 aromatic carbocycles. The van der Waals surface area contributed by atoms with Gasteiger partial charge in [0.1, 0.15) is 0 Å². The first-order valence-electron chi connectivity index (χ1n) is 8.24. The van der Waals surface area contributed by atoms with Crippen LogP contribution in [0.25, 0.3) is 0 Å². The van der Waals surface area contributed by atoms with Gasteiger partial charge in [0, 0.05) is 30.2 Å². The molecule has 0 saturated heterocycles. The van der Waals surface area contributed by atoms with E-state index in [-0.39, 0.29) is 11.9 Å². The Morgan fingerprint density at radius 3 is 2.69 bits per heavy atom. The van der Waals surface area contributed by atoms with Crippen LogP contribution >= 0.6 is 11.3 Å². The molecule has 1 unspecified atom stereocenters. The van der Waals surface area contributed by atoms with E-state index in [1.165, 1.54) is 5.56 Å². The Balaban J connectivity index is 1.65. The van der Waals surface area contributed by atoms with Crippen LogP contribution in [0.15, 0.2) is 59.6 Å². The van der Waals surface area contributed by atoms with Gasteiger partial charge in [-0.25, -0.2) is 9.97 Å². The Morgan fingerprint density at radius 1 is 1.19 bits per heavy atom. The number of rotatable bonds is 7. The number of benzene rings is 1. The number of thiophene rings is 1. The summed E-state index contributed by atoms with van der Waals surface area (Å²) in [5.74, 6) is 0.389.